The van der Waals surface area contributed by atoms with Crippen LogP contribution in [0.2, 0.25) is 0 Å². The van der Waals surface area contributed by atoms with Crippen molar-refractivity contribution >= 4 is 21.6 Å². The molecule has 1 fully saturated rings. The smallest absolute Gasteiger partial charge is 0.207 e. The van der Waals surface area contributed by atoms with Gasteiger partial charge < -0.3 is 0 Å². The van der Waals surface area contributed by atoms with Crippen LogP contribution in [-0.2, 0) is 10.0 Å². The van der Waals surface area contributed by atoms with Crippen LogP contribution in [0, 0.1) is 19.8 Å². The number of nitrogens with one attached hydrogen (secondary N) is 1. The molecule has 0 heterocycles. The van der Waals surface area contributed by atoms with Crippen molar-refractivity contribution in [1.29, 1.82) is 0 Å². The van der Waals surface area contributed by atoms with Crippen LogP contribution in [0.3, 0.4) is 0 Å². The maximum atomic E-state index is 12.8. The van der Waals surface area contributed by atoms with E-state index in [1.54, 1.807) is 6.07 Å². The van der Waals surface area contributed by atoms with Crippen molar-refractivity contribution in [2.24, 2.45) is 5.92 Å². The highest BCUT2D eigenvalue weighted by Gasteiger charge is 2.38. The number of benzene rings is 1. The Morgan fingerprint density at radius 2 is 2.10 bits per heavy atom. The standard InChI is InChI=1S/C16H24ClNO2S/c1-12-6-7-14(3)15(9-12)21(19,20)18-16(11-17)8-4-5-13(2)10-16/h6-7,9,13,18H,4-5,8,10-11H2,1-3H3. The van der Waals surface area contributed by atoms with E-state index >= 15 is 0 Å². The van der Waals surface area contributed by atoms with E-state index in [2.05, 4.69) is 11.6 Å². The Morgan fingerprint density at radius 1 is 1.38 bits per heavy atom. The first-order valence-electron chi connectivity index (χ1n) is 7.45. The molecule has 1 aliphatic carbocycles. The molecule has 0 aliphatic heterocycles. The molecule has 21 heavy (non-hydrogen) atoms. The van der Waals surface area contributed by atoms with E-state index in [4.69, 9.17) is 11.6 Å². The zero-order valence-corrected chi connectivity index (χ0v) is 14.5. The molecule has 1 aliphatic rings. The highest BCUT2D eigenvalue weighted by Crippen LogP contribution is 2.34. The molecule has 2 atom stereocenters. The molecule has 1 N–H and O–H groups in total. The fourth-order valence-corrected chi connectivity index (χ4v) is 5.40. The normalized spacial score (nSPS) is 26.8. The van der Waals surface area contributed by atoms with Gasteiger partial charge in [-0.15, -0.1) is 11.6 Å². The predicted octanol–water partition coefficient (Wildman–Crippen LogP) is 3.77. The van der Waals surface area contributed by atoms with Gasteiger partial charge in [-0.25, -0.2) is 13.1 Å². The van der Waals surface area contributed by atoms with Gasteiger partial charge in [-0.2, -0.15) is 0 Å². The van der Waals surface area contributed by atoms with Crippen LogP contribution in [0.1, 0.15) is 43.7 Å². The average Bonchev–Trinajstić information content (AvgIpc) is 2.41. The largest absolute Gasteiger partial charge is 0.241 e. The van der Waals surface area contributed by atoms with Crippen molar-refractivity contribution in [3.05, 3.63) is 29.3 Å². The molecule has 5 heteroatoms. The average molecular weight is 330 g/mol. The molecule has 0 amide bonds. The van der Waals surface area contributed by atoms with Crippen molar-refractivity contribution in [1.82, 2.24) is 4.72 Å². The third kappa shape index (κ3) is 3.79. The molecular weight excluding hydrogens is 306 g/mol. The van der Waals surface area contributed by atoms with E-state index in [-0.39, 0.29) is 0 Å². The van der Waals surface area contributed by atoms with Gasteiger partial charge in [0.2, 0.25) is 10.0 Å². The molecule has 0 aromatic heterocycles. The third-order valence-corrected chi connectivity index (χ3v) is 6.56. The summed E-state index contributed by atoms with van der Waals surface area (Å²) in [7, 11) is -3.54. The second-order valence-corrected chi connectivity index (χ2v) is 8.41. The Bertz CT molecular complexity index is 615. The maximum Gasteiger partial charge on any atom is 0.241 e. The van der Waals surface area contributed by atoms with Crippen LogP contribution in [0.4, 0.5) is 0 Å². The molecule has 2 unspecified atom stereocenters. The minimum atomic E-state index is -3.54. The van der Waals surface area contributed by atoms with E-state index in [0.717, 1.165) is 36.8 Å². The van der Waals surface area contributed by atoms with Crippen molar-refractivity contribution in [3.63, 3.8) is 0 Å². The summed E-state index contributed by atoms with van der Waals surface area (Å²) in [4.78, 5) is 0.366. The fraction of sp³-hybridized carbons (Fsp3) is 0.625. The first kappa shape index (κ1) is 16.8. The summed E-state index contributed by atoms with van der Waals surface area (Å²) in [5.74, 6) is 0.820. The predicted molar refractivity (Wildman–Crippen MR) is 87.3 cm³/mol. The maximum absolute atomic E-state index is 12.8. The number of rotatable bonds is 4. The lowest BCUT2D eigenvalue weighted by Gasteiger charge is -2.39. The van der Waals surface area contributed by atoms with Crippen LogP contribution in [0.5, 0.6) is 0 Å². The van der Waals surface area contributed by atoms with Gasteiger partial charge in [0.15, 0.2) is 0 Å². The minimum Gasteiger partial charge on any atom is -0.207 e. The second kappa shape index (κ2) is 6.27. The summed E-state index contributed by atoms with van der Waals surface area (Å²) in [6.45, 7) is 5.88. The fourth-order valence-electron chi connectivity index (χ4n) is 3.24. The van der Waals surface area contributed by atoms with Gasteiger partial charge in [0.25, 0.3) is 0 Å². The molecule has 118 valence electrons. The molecule has 0 saturated heterocycles. The van der Waals surface area contributed by atoms with E-state index < -0.39 is 15.6 Å². The zero-order valence-electron chi connectivity index (χ0n) is 12.9. The van der Waals surface area contributed by atoms with Gasteiger partial charge >= 0.3 is 0 Å². The lowest BCUT2D eigenvalue weighted by atomic mass is 9.78. The third-order valence-electron chi connectivity index (χ3n) is 4.33. The molecule has 1 saturated carbocycles. The quantitative estimate of drug-likeness (QED) is 0.855. The van der Waals surface area contributed by atoms with E-state index in [0.29, 0.717) is 16.7 Å². The highest BCUT2D eigenvalue weighted by atomic mass is 35.5. The lowest BCUT2D eigenvalue weighted by Crippen LogP contribution is -2.52. The van der Waals surface area contributed by atoms with Crippen LogP contribution in [0.25, 0.3) is 0 Å². The first-order valence-corrected chi connectivity index (χ1v) is 9.47. The molecule has 0 radical (unpaired) electrons. The molecule has 2 rings (SSSR count). The van der Waals surface area contributed by atoms with Gasteiger partial charge in [0.1, 0.15) is 0 Å². The summed E-state index contributed by atoms with van der Waals surface area (Å²) in [5, 5.41) is 0. The Labute approximate surface area is 133 Å². The van der Waals surface area contributed by atoms with Gasteiger partial charge in [-0.1, -0.05) is 31.9 Å². The molecule has 0 bridgehead atoms. The van der Waals surface area contributed by atoms with Crippen molar-refractivity contribution in [2.45, 2.75) is 56.9 Å². The van der Waals surface area contributed by atoms with Crippen LogP contribution in [-0.4, -0.2) is 19.8 Å². The number of hydrogen-bond donors (Lipinski definition) is 1. The molecule has 1 aromatic rings. The zero-order chi connectivity index (χ0) is 15.7. The second-order valence-electron chi connectivity index (χ2n) is 6.49. The summed E-state index contributed by atoms with van der Waals surface area (Å²) >= 11 is 6.14. The molecule has 0 spiro atoms. The van der Waals surface area contributed by atoms with E-state index in [1.807, 2.05) is 26.0 Å². The first-order chi connectivity index (χ1) is 9.78. The minimum absolute atomic E-state index is 0.321. The Kier molecular flexibility index (Phi) is 5.01. The van der Waals surface area contributed by atoms with Gasteiger partial charge in [-0.05, 0) is 49.8 Å². The van der Waals surface area contributed by atoms with Crippen molar-refractivity contribution < 1.29 is 8.42 Å². The summed E-state index contributed by atoms with van der Waals surface area (Å²) in [6.07, 6.45) is 3.78. The van der Waals surface area contributed by atoms with E-state index in [9.17, 15) is 8.42 Å². The summed E-state index contributed by atoms with van der Waals surface area (Å²) in [5.41, 5.74) is 1.20. The lowest BCUT2D eigenvalue weighted by molar-refractivity contribution is 0.239. The van der Waals surface area contributed by atoms with Gasteiger partial charge in [-0.3, -0.25) is 0 Å². The highest BCUT2D eigenvalue weighted by molar-refractivity contribution is 7.89. The SMILES string of the molecule is Cc1ccc(C)c(S(=O)(=O)NC2(CCl)CCCC(C)C2)c1. The van der Waals surface area contributed by atoms with Crippen LogP contribution in [0.15, 0.2) is 23.1 Å². The van der Waals surface area contributed by atoms with Crippen LogP contribution < -0.4 is 4.72 Å². The van der Waals surface area contributed by atoms with E-state index in [1.165, 1.54) is 0 Å². The molecular formula is C16H24ClNO2S. The Balaban J connectivity index is 2.33. The van der Waals surface area contributed by atoms with Crippen molar-refractivity contribution in [3.8, 4) is 0 Å². The van der Waals surface area contributed by atoms with Crippen LogP contribution >= 0.6 is 11.6 Å². The number of hydrogen-bond acceptors (Lipinski definition) is 2. The number of alkyl halides is 1. The Hall–Kier alpha value is -0.580. The number of halogens is 1. The Morgan fingerprint density at radius 3 is 2.71 bits per heavy atom. The number of sulfonamides is 1. The monoisotopic (exact) mass is 329 g/mol. The topological polar surface area (TPSA) is 46.2 Å². The summed E-state index contributed by atoms with van der Waals surface area (Å²) < 4.78 is 28.5. The molecule has 1 aromatic carbocycles. The molecule has 3 nitrogen and oxygen atoms in total. The summed E-state index contributed by atoms with van der Waals surface area (Å²) in [6, 6.07) is 5.50. The van der Waals surface area contributed by atoms with Crippen molar-refractivity contribution in [2.75, 3.05) is 5.88 Å². The van der Waals surface area contributed by atoms with Gasteiger partial charge in [0.05, 0.1) is 4.90 Å². The van der Waals surface area contributed by atoms with Gasteiger partial charge in [0, 0.05) is 11.4 Å². The number of aryl methyl sites for hydroxylation is 2.